The number of hydrogen-bond donors (Lipinski definition) is 1. The van der Waals surface area contributed by atoms with Crippen molar-refractivity contribution >= 4 is 5.91 Å². The van der Waals surface area contributed by atoms with Gasteiger partial charge in [0, 0.05) is 19.3 Å². The minimum Gasteiger partial charge on any atom is -0.480 e. The van der Waals surface area contributed by atoms with Crippen molar-refractivity contribution in [3.8, 4) is 11.9 Å². The van der Waals surface area contributed by atoms with Crippen LogP contribution in [0.3, 0.4) is 0 Å². The third kappa shape index (κ3) is 2.74. The zero-order chi connectivity index (χ0) is 13.8. The first-order valence-electron chi connectivity index (χ1n) is 5.47. The van der Waals surface area contributed by atoms with E-state index in [1.54, 1.807) is 17.9 Å². The summed E-state index contributed by atoms with van der Waals surface area (Å²) in [5.41, 5.74) is 1.07. The molecule has 2 aromatic heterocycles. The van der Waals surface area contributed by atoms with Gasteiger partial charge in [-0.3, -0.25) is 9.48 Å². The van der Waals surface area contributed by atoms with Crippen LogP contribution in [0, 0.1) is 11.3 Å². The van der Waals surface area contributed by atoms with E-state index in [9.17, 15) is 4.79 Å². The highest BCUT2D eigenvalue weighted by Crippen LogP contribution is 2.14. The summed E-state index contributed by atoms with van der Waals surface area (Å²) in [5.74, 6) is 0.243. The number of furan rings is 1. The van der Waals surface area contributed by atoms with Crippen molar-refractivity contribution in [2.24, 2.45) is 7.05 Å². The highest BCUT2D eigenvalue weighted by Gasteiger charge is 2.12. The van der Waals surface area contributed by atoms with Gasteiger partial charge in [-0.2, -0.15) is 5.26 Å². The fourth-order valence-electron chi connectivity index (χ4n) is 1.60. The number of nitrogens with zero attached hydrogens (tertiary/aromatic N) is 3. The predicted octanol–water partition coefficient (Wildman–Crippen LogP) is 0.823. The van der Waals surface area contributed by atoms with Crippen LogP contribution in [-0.2, 0) is 13.6 Å². The molecule has 0 radical (unpaired) electrons. The summed E-state index contributed by atoms with van der Waals surface area (Å²) in [6, 6.07) is 3.20. The molecule has 0 aliphatic carbocycles. The Labute approximate surface area is 109 Å². The smallest absolute Gasteiger partial charge is 0.254 e. The lowest BCUT2D eigenvalue weighted by Gasteiger charge is -2.02. The van der Waals surface area contributed by atoms with Gasteiger partial charge in [0.25, 0.3) is 5.91 Å². The molecular weight excluding hydrogens is 248 g/mol. The molecule has 7 nitrogen and oxygen atoms in total. The standard InChI is InChI=1S/C12H12N4O3/c1-16-6-9(12(15-16)18-2)5-14-11(17)8-3-10(4-13)19-7-8/h3,6-7H,5H2,1-2H3,(H,14,17). The van der Waals surface area contributed by atoms with Crippen LogP contribution in [-0.4, -0.2) is 22.8 Å². The largest absolute Gasteiger partial charge is 0.480 e. The molecule has 19 heavy (non-hydrogen) atoms. The molecule has 0 atom stereocenters. The molecule has 0 saturated carbocycles. The van der Waals surface area contributed by atoms with Crippen LogP contribution in [0.5, 0.6) is 5.88 Å². The minimum atomic E-state index is -0.323. The van der Waals surface area contributed by atoms with Crippen LogP contribution in [0.25, 0.3) is 0 Å². The average molecular weight is 260 g/mol. The van der Waals surface area contributed by atoms with Gasteiger partial charge in [-0.15, -0.1) is 5.10 Å². The number of aryl methyl sites for hydroxylation is 1. The van der Waals surface area contributed by atoms with Crippen LogP contribution in [0.2, 0.25) is 0 Å². The van der Waals surface area contributed by atoms with Crippen molar-refractivity contribution in [2.75, 3.05) is 7.11 Å². The third-order valence-electron chi connectivity index (χ3n) is 2.47. The number of aromatic nitrogens is 2. The molecule has 7 heteroatoms. The average Bonchev–Trinajstić information content (AvgIpc) is 3.01. The molecule has 98 valence electrons. The molecule has 0 fully saturated rings. The number of carbonyl (C=O) groups is 1. The molecule has 0 bridgehead atoms. The molecule has 0 aromatic carbocycles. The molecule has 2 rings (SSSR count). The molecule has 1 N–H and O–H groups in total. The molecule has 2 heterocycles. The predicted molar refractivity (Wildman–Crippen MR) is 64.4 cm³/mol. The quantitative estimate of drug-likeness (QED) is 0.878. The van der Waals surface area contributed by atoms with Crippen LogP contribution < -0.4 is 10.1 Å². The zero-order valence-corrected chi connectivity index (χ0v) is 10.5. The van der Waals surface area contributed by atoms with Gasteiger partial charge in [0.15, 0.2) is 0 Å². The van der Waals surface area contributed by atoms with Crippen LogP contribution in [0.15, 0.2) is 22.9 Å². The summed E-state index contributed by atoms with van der Waals surface area (Å²) in [7, 11) is 3.28. The number of methoxy groups -OCH3 is 1. The number of rotatable bonds is 4. The molecule has 0 saturated heterocycles. The maximum atomic E-state index is 11.8. The van der Waals surface area contributed by atoms with E-state index < -0.39 is 0 Å². The van der Waals surface area contributed by atoms with Gasteiger partial charge in [-0.05, 0) is 0 Å². The van der Waals surface area contributed by atoms with E-state index in [0.29, 0.717) is 11.4 Å². The molecular formula is C12H12N4O3. The maximum Gasteiger partial charge on any atom is 0.254 e. The number of hydrogen-bond acceptors (Lipinski definition) is 5. The van der Waals surface area contributed by atoms with Crippen molar-refractivity contribution < 1.29 is 13.9 Å². The summed E-state index contributed by atoms with van der Waals surface area (Å²) >= 11 is 0. The number of ether oxygens (including phenoxy) is 1. The van der Waals surface area contributed by atoms with Crippen LogP contribution in [0.4, 0.5) is 0 Å². The maximum absolute atomic E-state index is 11.8. The third-order valence-corrected chi connectivity index (χ3v) is 2.47. The zero-order valence-electron chi connectivity index (χ0n) is 10.5. The van der Waals surface area contributed by atoms with Crippen molar-refractivity contribution in [3.05, 3.63) is 35.4 Å². The van der Waals surface area contributed by atoms with Gasteiger partial charge in [0.2, 0.25) is 11.6 Å². The number of carbonyl (C=O) groups excluding carboxylic acids is 1. The Bertz CT molecular complexity index is 636. The fraction of sp³-hybridized carbons (Fsp3) is 0.250. The van der Waals surface area contributed by atoms with Gasteiger partial charge < -0.3 is 14.5 Å². The summed E-state index contributed by atoms with van der Waals surface area (Å²) < 4.78 is 11.6. The molecule has 0 aliphatic heterocycles. The first-order valence-corrected chi connectivity index (χ1v) is 5.47. The van der Waals surface area contributed by atoms with Crippen molar-refractivity contribution in [3.63, 3.8) is 0 Å². The number of nitriles is 1. The van der Waals surface area contributed by atoms with E-state index >= 15 is 0 Å². The van der Waals surface area contributed by atoms with Gasteiger partial charge in [-0.25, -0.2) is 0 Å². The fourth-order valence-corrected chi connectivity index (χ4v) is 1.60. The number of nitrogens with one attached hydrogen (secondary N) is 1. The lowest BCUT2D eigenvalue weighted by Crippen LogP contribution is -2.22. The van der Waals surface area contributed by atoms with Crippen LogP contribution in [0.1, 0.15) is 21.7 Å². The monoisotopic (exact) mass is 260 g/mol. The highest BCUT2D eigenvalue weighted by atomic mass is 16.5. The summed E-state index contributed by atoms with van der Waals surface area (Å²) in [4.78, 5) is 11.8. The Morgan fingerprint density at radius 2 is 2.47 bits per heavy atom. The van der Waals surface area contributed by atoms with Crippen LogP contribution >= 0.6 is 0 Å². The Hall–Kier alpha value is -2.75. The SMILES string of the molecule is COc1nn(C)cc1CNC(=O)c1coc(C#N)c1. The summed E-state index contributed by atoms with van der Waals surface area (Å²) in [6.07, 6.45) is 3.00. The van der Waals surface area contributed by atoms with Crippen molar-refractivity contribution in [1.82, 2.24) is 15.1 Å². The van der Waals surface area contributed by atoms with Crippen molar-refractivity contribution in [2.45, 2.75) is 6.54 Å². The first-order chi connectivity index (χ1) is 9.13. The summed E-state index contributed by atoms with van der Waals surface area (Å²) in [6.45, 7) is 0.281. The normalized spacial score (nSPS) is 9.95. The van der Waals surface area contributed by atoms with E-state index in [4.69, 9.17) is 14.4 Å². The van der Waals surface area contributed by atoms with Gasteiger partial charge in [-0.1, -0.05) is 0 Å². The minimum absolute atomic E-state index is 0.101. The lowest BCUT2D eigenvalue weighted by molar-refractivity contribution is 0.0950. The highest BCUT2D eigenvalue weighted by molar-refractivity contribution is 5.94. The van der Waals surface area contributed by atoms with E-state index in [-0.39, 0.29) is 18.2 Å². The first kappa shape index (κ1) is 12.7. The Balaban J connectivity index is 2.02. The van der Waals surface area contributed by atoms with E-state index in [1.165, 1.54) is 19.4 Å². The molecule has 0 aliphatic rings. The second-order valence-electron chi connectivity index (χ2n) is 3.83. The Morgan fingerprint density at radius 3 is 3.11 bits per heavy atom. The summed E-state index contributed by atoms with van der Waals surface area (Å²) in [5, 5.41) is 15.4. The van der Waals surface area contributed by atoms with E-state index in [1.807, 2.05) is 6.07 Å². The van der Waals surface area contributed by atoms with Crippen molar-refractivity contribution in [1.29, 1.82) is 5.26 Å². The molecule has 1 amide bonds. The van der Waals surface area contributed by atoms with Gasteiger partial charge in [0.1, 0.15) is 12.3 Å². The molecule has 0 unspecified atom stereocenters. The molecule has 0 spiro atoms. The van der Waals surface area contributed by atoms with E-state index in [0.717, 1.165) is 5.56 Å². The van der Waals surface area contributed by atoms with Gasteiger partial charge >= 0.3 is 0 Å². The lowest BCUT2D eigenvalue weighted by atomic mass is 10.2. The number of amides is 1. The Morgan fingerprint density at radius 1 is 1.68 bits per heavy atom. The molecule has 2 aromatic rings. The second kappa shape index (κ2) is 5.27. The Kier molecular flexibility index (Phi) is 3.52. The van der Waals surface area contributed by atoms with E-state index in [2.05, 4.69) is 10.4 Å². The topological polar surface area (TPSA) is 93.1 Å². The van der Waals surface area contributed by atoms with Gasteiger partial charge in [0.05, 0.1) is 24.8 Å². The second-order valence-corrected chi connectivity index (χ2v) is 3.83.